The van der Waals surface area contributed by atoms with Gasteiger partial charge in [-0.25, -0.2) is 13.1 Å². The van der Waals surface area contributed by atoms with Gasteiger partial charge in [0.1, 0.15) is 0 Å². The Morgan fingerprint density at radius 2 is 1.57 bits per heavy atom. The highest BCUT2D eigenvalue weighted by atomic mass is 32.2. The number of nitro benzene ring substituents is 1. The first kappa shape index (κ1) is 30.4. The average Bonchev–Trinajstić information content (AvgIpc) is 2.96. The predicted molar refractivity (Wildman–Crippen MR) is 162 cm³/mol. The van der Waals surface area contributed by atoms with Crippen molar-refractivity contribution in [3.8, 4) is 0 Å². The molecule has 2 amide bonds. The van der Waals surface area contributed by atoms with Gasteiger partial charge in [-0.1, -0.05) is 73.0 Å². The second kappa shape index (κ2) is 13.4. The van der Waals surface area contributed by atoms with Gasteiger partial charge in [-0.3, -0.25) is 19.7 Å². The molecule has 0 aliphatic heterocycles. The third-order valence-corrected chi connectivity index (χ3v) is 8.53. The van der Waals surface area contributed by atoms with Crippen LogP contribution < -0.4 is 10.0 Å². The molecule has 0 aliphatic rings. The number of benzene rings is 4. The lowest BCUT2D eigenvalue weighted by atomic mass is 9.91. The van der Waals surface area contributed by atoms with Gasteiger partial charge in [0.25, 0.3) is 21.6 Å². The highest BCUT2D eigenvalue weighted by Crippen LogP contribution is 2.27. The number of rotatable bonds is 12. The Kier molecular flexibility index (Phi) is 9.69. The summed E-state index contributed by atoms with van der Waals surface area (Å²) in [6, 6.07) is 24.0. The zero-order chi connectivity index (χ0) is 30.3. The number of nitro groups is 1. The summed E-state index contributed by atoms with van der Waals surface area (Å²) in [6.45, 7) is 3.83. The maximum atomic E-state index is 13.4. The van der Waals surface area contributed by atoms with E-state index >= 15 is 0 Å². The molecule has 0 radical (unpaired) electrons. The van der Waals surface area contributed by atoms with Gasteiger partial charge in [0, 0.05) is 23.7 Å². The highest BCUT2D eigenvalue weighted by Gasteiger charge is 2.26. The van der Waals surface area contributed by atoms with E-state index in [4.69, 9.17) is 0 Å². The van der Waals surface area contributed by atoms with Crippen LogP contribution in [0, 0.1) is 24.0 Å². The van der Waals surface area contributed by atoms with E-state index in [0.29, 0.717) is 43.4 Å². The Morgan fingerprint density at radius 3 is 2.26 bits per heavy atom. The van der Waals surface area contributed by atoms with Gasteiger partial charge < -0.3 is 5.32 Å². The van der Waals surface area contributed by atoms with Crippen LogP contribution in [0.5, 0.6) is 0 Å². The van der Waals surface area contributed by atoms with Crippen LogP contribution in [0.1, 0.15) is 58.6 Å². The Bertz CT molecular complexity index is 1720. The topological polar surface area (TPSA) is 135 Å². The summed E-state index contributed by atoms with van der Waals surface area (Å²) < 4.78 is 28.2. The normalized spacial score (nSPS) is 12.0. The highest BCUT2D eigenvalue weighted by molar-refractivity contribution is 7.90. The number of sulfonamides is 1. The summed E-state index contributed by atoms with van der Waals surface area (Å²) in [5.41, 5.74) is 2.36. The Balaban J connectivity index is 1.39. The second-order valence-corrected chi connectivity index (χ2v) is 12.0. The number of aryl methyl sites for hydroxylation is 2. The molecule has 9 nitrogen and oxygen atoms in total. The first-order chi connectivity index (χ1) is 20.0. The Labute approximate surface area is 245 Å². The SMILES string of the molecule is Cc1ccc(S(=O)(=O)NC(=O)C(CCCCCNC(=O)c2ccc([N+](=O)[O-])c(C)c2)c2ccc3ccccc3c2)cc1. The van der Waals surface area contributed by atoms with E-state index in [1.54, 1.807) is 19.1 Å². The molecule has 42 heavy (non-hydrogen) atoms. The van der Waals surface area contributed by atoms with Crippen molar-refractivity contribution < 1.29 is 22.9 Å². The van der Waals surface area contributed by atoms with Gasteiger partial charge in [0.2, 0.25) is 5.91 Å². The van der Waals surface area contributed by atoms with E-state index in [2.05, 4.69) is 10.0 Å². The number of fused-ring (bicyclic) bond motifs is 1. The Morgan fingerprint density at radius 1 is 0.857 bits per heavy atom. The summed E-state index contributed by atoms with van der Waals surface area (Å²) >= 11 is 0. The van der Waals surface area contributed by atoms with Crippen molar-refractivity contribution in [2.45, 2.75) is 50.3 Å². The molecular formula is C32H33N3O6S. The monoisotopic (exact) mass is 587 g/mol. The number of hydrogen-bond donors (Lipinski definition) is 2. The minimum absolute atomic E-state index is 0.0256. The van der Waals surface area contributed by atoms with E-state index in [0.717, 1.165) is 21.9 Å². The zero-order valence-electron chi connectivity index (χ0n) is 23.5. The first-order valence-electron chi connectivity index (χ1n) is 13.7. The van der Waals surface area contributed by atoms with Crippen LogP contribution >= 0.6 is 0 Å². The minimum Gasteiger partial charge on any atom is -0.352 e. The van der Waals surface area contributed by atoms with Crippen LogP contribution in [0.25, 0.3) is 10.8 Å². The molecule has 10 heteroatoms. The van der Waals surface area contributed by atoms with Crippen molar-refractivity contribution in [3.63, 3.8) is 0 Å². The molecule has 0 bridgehead atoms. The molecule has 0 saturated carbocycles. The van der Waals surface area contributed by atoms with Crippen molar-refractivity contribution in [1.82, 2.24) is 10.0 Å². The van der Waals surface area contributed by atoms with E-state index in [-0.39, 0.29) is 16.5 Å². The number of amides is 2. The van der Waals surface area contributed by atoms with Crippen molar-refractivity contribution in [3.05, 3.63) is 117 Å². The largest absolute Gasteiger partial charge is 0.352 e. The van der Waals surface area contributed by atoms with Crippen molar-refractivity contribution >= 4 is 38.3 Å². The zero-order valence-corrected chi connectivity index (χ0v) is 24.3. The molecule has 0 saturated heterocycles. The quantitative estimate of drug-likeness (QED) is 0.120. The van der Waals surface area contributed by atoms with Crippen molar-refractivity contribution in [1.29, 1.82) is 0 Å². The van der Waals surface area contributed by atoms with Crippen molar-refractivity contribution in [2.24, 2.45) is 0 Å². The molecule has 0 aliphatic carbocycles. The van der Waals surface area contributed by atoms with Crippen LogP contribution in [0.15, 0.2) is 89.8 Å². The van der Waals surface area contributed by atoms with Crippen molar-refractivity contribution in [2.75, 3.05) is 6.54 Å². The molecule has 0 heterocycles. The van der Waals surface area contributed by atoms with E-state index < -0.39 is 26.8 Å². The van der Waals surface area contributed by atoms with Crippen LogP contribution in [-0.4, -0.2) is 31.7 Å². The van der Waals surface area contributed by atoms with Gasteiger partial charge in [-0.15, -0.1) is 0 Å². The number of nitrogens with zero attached hydrogens (tertiary/aromatic N) is 1. The predicted octanol–water partition coefficient (Wildman–Crippen LogP) is 5.94. The number of nitrogens with one attached hydrogen (secondary N) is 2. The minimum atomic E-state index is -4.04. The molecule has 0 aromatic heterocycles. The molecular weight excluding hydrogens is 554 g/mol. The average molecular weight is 588 g/mol. The lowest BCUT2D eigenvalue weighted by Crippen LogP contribution is -2.34. The fourth-order valence-electron chi connectivity index (χ4n) is 4.81. The molecule has 1 atom stereocenters. The molecule has 0 spiro atoms. The molecule has 4 rings (SSSR count). The van der Waals surface area contributed by atoms with Crippen LogP contribution in [0.2, 0.25) is 0 Å². The maximum absolute atomic E-state index is 13.4. The lowest BCUT2D eigenvalue weighted by molar-refractivity contribution is -0.385. The van der Waals surface area contributed by atoms with E-state index in [1.807, 2.05) is 49.4 Å². The van der Waals surface area contributed by atoms with Gasteiger partial charge in [0.15, 0.2) is 0 Å². The standard InChI is InChI=1S/C32H33N3O6S/c1-22-11-16-28(17-12-22)42(40,41)34-32(37)29(26-14-13-24-8-5-6-9-25(24)21-26)10-4-3-7-19-33-31(36)27-15-18-30(35(38)39)23(2)20-27/h5-6,8-9,11-18,20-21,29H,3-4,7,10,19H2,1-2H3,(H,33,36)(H,34,37). The summed E-state index contributed by atoms with van der Waals surface area (Å²) in [5, 5.41) is 15.8. The molecule has 2 N–H and O–H groups in total. The van der Waals surface area contributed by atoms with Gasteiger partial charge in [-0.05, 0) is 67.3 Å². The molecule has 0 fully saturated rings. The third-order valence-electron chi connectivity index (χ3n) is 7.17. The number of carbonyl (C=O) groups excluding carboxylic acids is 2. The Hall–Kier alpha value is -4.57. The molecule has 4 aromatic carbocycles. The smallest absolute Gasteiger partial charge is 0.272 e. The summed E-state index contributed by atoms with van der Waals surface area (Å²) in [7, 11) is -4.04. The van der Waals surface area contributed by atoms with Gasteiger partial charge in [0.05, 0.1) is 15.7 Å². The summed E-state index contributed by atoms with van der Waals surface area (Å²) in [4.78, 5) is 36.4. The van der Waals surface area contributed by atoms with E-state index in [1.165, 1.54) is 30.3 Å². The number of hydrogen-bond acceptors (Lipinski definition) is 6. The van der Waals surface area contributed by atoms with Crippen LogP contribution in [0.4, 0.5) is 5.69 Å². The molecule has 1 unspecified atom stereocenters. The fourth-order valence-corrected chi connectivity index (χ4v) is 5.83. The van der Waals surface area contributed by atoms with Gasteiger partial charge in [-0.2, -0.15) is 0 Å². The number of carbonyl (C=O) groups is 2. The molecule has 4 aromatic rings. The first-order valence-corrected chi connectivity index (χ1v) is 15.2. The van der Waals surface area contributed by atoms with Gasteiger partial charge >= 0.3 is 0 Å². The fraction of sp³-hybridized carbons (Fsp3) is 0.250. The van der Waals surface area contributed by atoms with Crippen LogP contribution in [-0.2, 0) is 14.8 Å². The summed E-state index contributed by atoms with van der Waals surface area (Å²) in [5.74, 6) is -1.59. The van der Waals surface area contributed by atoms with Crippen LogP contribution in [0.3, 0.4) is 0 Å². The van der Waals surface area contributed by atoms with E-state index in [9.17, 15) is 28.1 Å². The maximum Gasteiger partial charge on any atom is 0.272 e. The molecule has 218 valence electrons. The lowest BCUT2D eigenvalue weighted by Gasteiger charge is -2.18. The second-order valence-electron chi connectivity index (χ2n) is 10.3. The summed E-state index contributed by atoms with van der Waals surface area (Å²) in [6.07, 6.45) is 2.39. The number of unbranched alkanes of at least 4 members (excludes halogenated alkanes) is 2. The third kappa shape index (κ3) is 7.58.